The predicted molar refractivity (Wildman–Crippen MR) is 126 cm³/mol. The van der Waals surface area contributed by atoms with Crippen LogP contribution in [0.4, 0.5) is 10.2 Å². The van der Waals surface area contributed by atoms with Crippen LogP contribution in [0.1, 0.15) is 11.3 Å². The van der Waals surface area contributed by atoms with Crippen LogP contribution in [0, 0.1) is 11.7 Å². The lowest BCUT2D eigenvalue weighted by atomic mass is 10.1. The second kappa shape index (κ2) is 10.1. The van der Waals surface area contributed by atoms with E-state index in [1.54, 1.807) is 18.2 Å². The molecule has 0 aromatic carbocycles. The molecule has 1 unspecified atom stereocenters. The molecule has 3 aromatic heterocycles. The highest BCUT2D eigenvalue weighted by atomic mass is 19.1. The smallest absolute Gasteiger partial charge is 0.263 e. The summed E-state index contributed by atoms with van der Waals surface area (Å²) < 4.78 is 25.1. The summed E-state index contributed by atoms with van der Waals surface area (Å²) in [5.41, 5.74) is 2.38. The highest BCUT2D eigenvalue weighted by Crippen LogP contribution is 2.26. The van der Waals surface area contributed by atoms with Gasteiger partial charge in [0.2, 0.25) is 5.88 Å². The average molecular weight is 483 g/mol. The lowest BCUT2D eigenvalue weighted by Crippen LogP contribution is -2.31. The Balaban J connectivity index is 1.15. The number of hydrogen-bond donors (Lipinski definition) is 3. The first-order chi connectivity index (χ1) is 17.0. The minimum atomic E-state index is -0.482. The molecule has 1 fully saturated rings. The van der Waals surface area contributed by atoms with Gasteiger partial charge in [0.1, 0.15) is 5.82 Å². The summed E-state index contributed by atoms with van der Waals surface area (Å²) in [6, 6.07) is 7.10. The van der Waals surface area contributed by atoms with Gasteiger partial charge in [-0.05, 0) is 24.6 Å². The first kappa shape index (κ1) is 23.3. The van der Waals surface area contributed by atoms with E-state index in [0.717, 1.165) is 5.69 Å². The molecule has 2 atom stereocenters. The number of aromatic nitrogens is 3. The van der Waals surface area contributed by atoms with Crippen molar-refractivity contribution in [2.24, 2.45) is 5.92 Å². The van der Waals surface area contributed by atoms with Crippen molar-refractivity contribution in [1.82, 2.24) is 25.2 Å². The maximum Gasteiger partial charge on any atom is 0.263 e. The van der Waals surface area contributed by atoms with E-state index >= 15 is 0 Å². The number of anilines is 1. The standard InChI is InChI=1S/C24H27FN6O4/c1-34-22-5-3-18-23(30-22)16(17(25)10-27-18)6-7-31-11-14(19(32)12-31)8-26-9-15-2-4-20-24(28-15)29-21(33)13-35-20/h2-5,10,14,19,26,32H,6-9,11-13H2,1H3,(H,28,29,33)/t14?,19-/m0/s1. The summed E-state index contributed by atoms with van der Waals surface area (Å²) in [7, 11) is 1.52. The zero-order valence-corrected chi connectivity index (χ0v) is 19.3. The summed E-state index contributed by atoms with van der Waals surface area (Å²) in [6.45, 7) is 2.90. The Bertz CT molecular complexity index is 1240. The van der Waals surface area contributed by atoms with Crippen molar-refractivity contribution in [2.45, 2.75) is 19.1 Å². The quantitative estimate of drug-likeness (QED) is 0.434. The van der Waals surface area contributed by atoms with Crippen LogP contribution in [-0.2, 0) is 17.8 Å². The van der Waals surface area contributed by atoms with Crippen LogP contribution >= 0.6 is 0 Å². The van der Waals surface area contributed by atoms with Gasteiger partial charge in [-0.15, -0.1) is 0 Å². The van der Waals surface area contributed by atoms with E-state index in [1.165, 1.54) is 13.3 Å². The monoisotopic (exact) mass is 482 g/mol. The third-order valence-corrected chi connectivity index (χ3v) is 6.35. The van der Waals surface area contributed by atoms with Crippen LogP contribution in [0.15, 0.2) is 30.5 Å². The van der Waals surface area contributed by atoms with Gasteiger partial charge in [0, 0.05) is 50.3 Å². The number of hydrogen-bond acceptors (Lipinski definition) is 9. The second-order valence-corrected chi connectivity index (χ2v) is 8.76. The summed E-state index contributed by atoms with van der Waals surface area (Å²) in [5, 5.41) is 16.6. The Morgan fingerprint density at radius 1 is 1.29 bits per heavy atom. The van der Waals surface area contributed by atoms with Crippen molar-refractivity contribution in [3.63, 3.8) is 0 Å². The first-order valence-corrected chi connectivity index (χ1v) is 11.5. The van der Waals surface area contributed by atoms with Crippen LogP contribution in [0.2, 0.25) is 0 Å². The molecule has 2 aliphatic heterocycles. The molecule has 0 aliphatic carbocycles. The number of halogens is 1. The largest absolute Gasteiger partial charge is 0.481 e. The van der Waals surface area contributed by atoms with Gasteiger partial charge in [0.05, 0.1) is 36.1 Å². The number of carbonyl (C=O) groups excluding carboxylic acids is 1. The molecule has 2 aliphatic rings. The van der Waals surface area contributed by atoms with E-state index in [0.29, 0.717) is 73.2 Å². The Morgan fingerprint density at radius 3 is 3.03 bits per heavy atom. The fraction of sp³-hybridized carbons (Fsp3) is 0.417. The van der Waals surface area contributed by atoms with Gasteiger partial charge in [-0.3, -0.25) is 9.78 Å². The number of nitrogens with one attached hydrogen (secondary N) is 2. The Hall–Kier alpha value is -3.41. The molecular weight excluding hydrogens is 455 g/mol. The maximum atomic E-state index is 14.6. The number of likely N-dealkylation sites (tertiary alicyclic amines) is 1. The number of β-amino-alcohol motifs (C(OH)–C–C–N with tert-alkyl or cyclic N) is 1. The van der Waals surface area contributed by atoms with Crippen LogP contribution in [0.25, 0.3) is 11.0 Å². The number of nitrogens with zero attached hydrogens (tertiary/aromatic N) is 4. The molecule has 1 amide bonds. The van der Waals surface area contributed by atoms with E-state index in [9.17, 15) is 14.3 Å². The van der Waals surface area contributed by atoms with E-state index < -0.39 is 11.9 Å². The second-order valence-electron chi connectivity index (χ2n) is 8.76. The predicted octanol–water partition coefficient (Wildman–Crippen LogP) is 1.13. The molecule has 3 N–H and O–H groups in total. The molecule has 5 heterocycles. The minimum absolute atomic E-state index is 0.00290. The van der Waals surface area contributed by atoms with E-state index in [2.05, 4.69) is 30.5 Å². The lowest BCUT2D eigenvalue weighted by molar-refractivity contribution is -0.118. The third kappa shape index (κ3) is 5.16. The highest BCUT2D eigenvalue weighted by molar-refractivity contribution is 5.94. The maximum absolute atomic E-state index is 14.6. The summed E-state index contributed by atoms with van der Waals surface area (Å²) in [6.07, 6.45) is 1.19. The van der Waals surface area contributed by atoms with Gasteiger partial charge in [0.25, 0.3) is 5.91 Å². The van der Waals surface area contributed by atoms with E-state index in [4.69, 9.17) is 9.47 Å². The fourth-order valence-corrected chi connectivity index (χ4v) is 4.51. The zero-order valence-electron chi connectivity index (χ0n) is 19.3. The molecule has 184 valence electrons. The minimum Gasteiger partial charge on any atom is -0.481 e. The van der Waals surface area contributed by atoms with Crippen molar-refractivity contribution >= 4 is 22.8 Å². The van der Waals surface area contributed by atoms with Crippen LogP contribution in [0.5, 0.6) is 11.6 Å². The highest BCUT2D eigenvalue weighted by Gasteiger charge is 2.31. The molecule has 0 bridgehead atoms. The Morgan fingerprint density at radius 2 is 2.17 bits per heavy atom. The first-order valence-electron chi connectivity index (χ1n) is 11.5. The molecule has 35 heavy (non-hydrogen) atoms. The number of rotatable bonds is 8. The fourth-order valence-electron chi connectivity index (χ4n) is 4.51. The number of aliphatic hydroxyl groups is 1. The number of ether oxygens (including phenoxy) is 2. The molecule has 10 nitrogen and oxygen atoms in total. The van der Waals surface area contributed by atoms with Gasteiger partial charge in [-0.1, -0.05) is 0 Å². The van der Waals surface area contributed by atoms with Gasteiger partial charge in [0.15, 0.2) is 18.2 Å². The summed E-state index contributed by atoms with van der Waals surface area (Å²) in [5.74, 6) is 0.817. The van der Waals surface area contributed by atoms with Crippen molar-refractivity contribution in [3.8, 4) is 11.6 Å². The number of pyridine rings is 3. The number of methoxy groups -OCH3 is 1. The molecule has 5 rings (SSSR count). The number of aliphatic hydroxyl groups excluding tert-OH is 1. The molecule has 0 spiro atoms. The van der Waals surface area contributed by atoms with Crippen LogP contribution in [-0.4, -0.2) is 76.9 Å². The van der Waals surface area contributed by atoms with Crippen LogP contribution in [0.3, 0.4) is 0 Å². The van der Waals surface area contributed by atoms with Crippen molar-refractivity contribution in [1.29, 1.82) is 0 Å². The topological polar surface area (TPSA) is 122 Å². The summed E-state index contributed by atoms with van der Waals surface area (Å²) in [4.78, 5) is 26.6. The van der Waals surface area contributed by atoms with E-state index in [1.807, 2.05) is 6.07 Å². The average Bonchev–Trinajstić information content (AvgIpc) is 3.21. The lowest BCUT2D eigenvalue weighted by Gasteiger charge is -2.18. The SMILES string of the molecule is COc1ccc2ncc(F)c(CCN3CC(CNCc4ccc5c(n4)NC(=O)CO5)[C@@H](O)C3)c2n1. The molecule has 3 aromatic rings. The molecule has 0 saturated carbocycles. The Labute approximate surface area is 201 Å². The van der Waals surface area contributed by atoms with Gasteiger partial charge < -0.3 is 30.1 Å². The number of amides is 1. The number of carbonyl (C=O) groups is 1. The third-order valence-electron chi connectivity index (χ3n) is 6.35. The Kier molecular flexibility index (Phi) is 6.71. The van der Waals surface area contributed by atoms with Crippen molar-refractivity contribution < 1.29 is 23.8 Å². The molecular formula is C24H27FN6O4. The van der Waals surface area contributed by atoms with Gasteiger partial charge in [-0.2, -0.15) is 0 Å². The zero-order chi connectivity index (χ0) is 24.4. The van der Waals surface area contributed by atoms with Crippen molar-refractivity contribution in [3.05, 3.63) is 47.5 Å². The normalized spacial score (nSPS) is 19.9. The van der Waals surface area contributed by atoms with Gasteiger partial charge in [-0.25, -0.2) is 14.4 Å². The van der Waals surface area contributed by atoms with E-state index in [-0.39, 0.29) is 18.4 Å². The molecule has 1 saturated heterocycles. The van der Waals surface area contributed by atoms with Crippen molar-refractivity contribution in [2.75, 3.05) is 45.2 Å². The van der Waals surface area contributed by atoms with Crippen LogP contribution < -0.4 is 20.1 Å². The molecule has 0 radical (unpaired) electrons. The summed E-state index contributed by atoms with van der Waals surface area (Å²) >= 11 is 0. The molecule has 11 heteroatoms. The van der Waals surface area contributed by atoms with Gasteiger partial charge >= 0.3 is 0 Å². The number of fused-ring (bicyclic) bond motifs is 2.